The fraction of sp³-hybridized carbons (Fsp3) is 0.200. The average Bonchev–Trinajstić information content (AvgIpc) is 2.50. The lowest BCUT2D eigenvalue weighted by atomic mass is 10.2. The predicted octanol–water partition coefficient (Wildman–Crippen LogP) is 3.56. The van der Waals surface area contributed by atoms with Gasteiger partial charge < -0.3 is 0 Å². The molecular formula is C15H12F5NO2S. The lowest BCUT2D eigenvalue weighted by Gasteiger charge is -2.22. The van der Waals surface area contributed by atoms with Gasteiger partial charge in [0.15, 0.2) is 11.6 Å². The summed E-state index contributed by atoms with van der Waals surface area (Å²) in [4.78, 5) is -1.20. The van der Waals surface area contributed by atoms with Crippen molar-refractivity contribution in [1.82, 2.24) is 4.31 Å². The Balaban J connectivity index is 2.46. The maximum absolute atomic E-state index is 13.8. The van der Waals surface area contributed by atoms with Gasteiger partial charge in [0.2, 0.25) is 10.0 Å². The first-order chi connectivity index (χ1) is 11.2. The smallest absolute Gasteiger partial charge is 0.209 e. The Morgan fingerprint density at radius 3 is 2.08 bits per heavy atom. The Bertz CT molecular complexity index is 812. The van der Waals surface area contributed by atoms with E-state index in [2.05, 4.69) is 0 Å². The van der Waals surface area contributed by atoms with Gasteiger partial charge in [-0.15, -0.1) is 0 Å². The van der Waals surface area contributed by atoms with Crippen molar-refractivity contribution in [3.63, 3.8) is 0 Å². The van der Waals surface area contributed by atoms with Crippen LogP contribution in [0.2, 0.25) is 0 Å². The van der Waals surface area contributed by atoms with Gasteiger partial charge in [0.05, 0.1) is 6.54 Å². The molecule has 0 aromatic heterocycles. The third-order valence-electron chi connectivity index (χ3n) is 3.14. The summed E-state index contributed by atoms with van der Waals surface area (Å²) in [7, 11) is -4.79. The van der Waals surface area contributed by atoms with Crippen LogP contribution in [0.1, 0.15) is 5.56 Å². The van der Waals surface area contributed by atoms with Gasteiger partial charge in [0.1, 0.15) is 10.7 Å². The molecule has 0 radical (unpaired) electrons. The number of alkyl halides is 2. The number of benzene rings is 2. The summed E-state index contributed by atoms with van der Waals surface area (Å²) in [6.45, 7) is -1.68. The Hall–Kier alpha value is -2.00. The van der Waals surface area contributed by atoms with E-state index >= 15 is 0 Å². The van der Waals surface area contributed by atoms with Crippen LogP contribution >= 0.6 is 0 Å². The van der Waals surface area contributed by atoms with Crippen molar-refractivity contribution in [3.8, 4) is 0 Å². The maximum atomic E-state index is 13.8. The monoisotopic (exact) mass is 365 g/mol. The molecule has 0 bridgehead atoms. The van der Waals surface area contributed by atoms with Crippen LogP contribution in [0.3, 0.4) is 0 Å². The van der Waals surface area contributed by atoms with Gasteiger partial charge in [0, 0.05) is 12.6 Å². The van der Waals surface area contributed by atoms with Crippen molar-refractivity contribution in [1.29, 1.82) is 0 Å². The number of nitrogens with zero attached hydrogens (tertiary/aromatic N) is 1. The Morgan fingerprint density at radius 2 is 1.50 bits per heavy atom. The van der Waals surface area contributed by atoms with E-state index in [9.17, 15) is 30.4 Å². The average molecular weight is 365 g/mol. The van der Waals surface area contributed by atoms with Crippen molar-refractivity contribution in [2.45, 2.75) is 17.9 Å². The van der Waals surface area contributed by atoms with Crippen molar-refractivity contribution in [2.24, 2.45) is 0 Å². The van der Waals surface area contributed by atoms with Crippen molar-refractivity contribution in [2.75, 3.05) is 6.54 Å². The molecule has 24 heavy (non-hydrogen) atoms. The molecule has 0 aliphatic carbocycles. The van der Waals surface area contributed by atoms with Crippen LogP contribution in [-0.4, -0.2) is 25.7 Å². The van der Waals surface area contributed by atoms with E-state index < -0.39 is 51.9 Å². The van der Waals surface area contributed by atoms with E-state index in [0.29, 0.717) is 9.87 Å². The van der Waals surface area contributed by atoms with Crippen LogP contribution in [-0.2, 0) is 16.6 Å². The van der Waals surface area contributed by atoms with Crippen molar-refractivity contribution in [3.05, 3.63) is 65.5 Å². The second-order valence-corrected chi connectivity index (χ2v) is 6.78. The molecule has 0 fully saturated rings. The van der Waals surface area contributed by atoms with Gasteiger partial charge in [-0.2, -0.15) is 4.31 Å². The quantitative estimate of drug-likeness (QED) is 0.580. The SMILES string of the molecule is O=S(=O)(c1cc(F)c(F)cc1F)N(Cc1ccccc1)CC(F)F. The Labute approximate surface area is 135 Å². The lowest BCUT2D eigenvalue weighted by molar-refractivity contribution is 0.117. The third-order valence-corrected chi connectivity index (χ3v) is 4.96. The molecule has 0 unspecified atom stereocenters. The molecule has 3 nitrogen and oxygen atoms in total. The van der Waals surface area contributed by atoms with Crippen LogP contribution < -0.4 is 0 Å². The molecule has 0 heterocycles. The maximum Gasteiger partial charge on any atom is 0.252 e. The van der Waals surface area contributed by atoms with Crippen LogP contribution in [0.5, 0.6) is 0 Å². The van der Waals surface area contributed by atoms with E-state index in [1.165, 1.54) is 12.1 Å². The molecule has 2 rings (SSSR count). The van der Waals surface area contributed by atoms with Gasteiger partial charge in [-0.25, -0.2) is 30.4 Å². The van der Waals surface area contributed by atoms with Gasteiger partial charge in [0.25, 0.3) is 6.43 Å². The standard InChI is InChI=1S/C15H12F5NO2S/c16-11-6-13(18)14(7-12(11)17)24(22,23)21(9-15(19)20)8-10-4-2-1-3-5-10/h1-7,15H,8-9H2. The highest BCUT2D eigenvalue weighted by Crippen LogP contribution is 2.24. The summed E-state index contributed by atoms with van der Waals surface area (Å²) in [5.74, 6) is -4.72. The first kappa shape index (κ1) is 18.3. The van der Waals surface area contributed by atoms with E-state index in [0.717, 1.165) is 0 Å². The molecule has 0 saturated heterocycles. The first-order valence-electron chi connectivity index (χ1n) is 6.68. The van der Waals surface area contributed by atoms with Crippen molar-refractivity contribution < 1.29 is 30.4 Å². The number of hydrogen-bond acceptors (Lipinski definition) is 2. The Kier molecular flexibility index (Phi) is 5.55. The predicted molar refractivity (Wildman–Crippen MR) is 76.4 cm³/mol. The Morgan fingerprint density at radius 1 is 0.917 bits per heavy atom. The molecular weight excluding hydrogens is 353 g/mol. The van der Waals surface area contributed by atoms with Crippen LogP contribution in [0, 0.1) is 17.5 Å². The molecule has 0 N–H and O–H groups in total. The summed E-state index contributed by atoms with van der Waals surface area (Å²) in [6, 6.07) is 7.98. The number of sulfonamides is 1. The minimum absolute atomic E-state index is 0.0608. The van der Waals surface area contributed by atoms with Gasteiger partial charge in [-0.3, -0.25) is 0 Å². The fourth-order valence-corrected chi connectivity index (χ4v) is 3.49. The highest BCUT2D eigenvalue weighted by atomic mass is 32.2. The molecule has 0 aliphatic rings. The largest absolute Gasteiger partial charge is 0.252 e. The van der Waals surface area contributed by atoms with Crippen LogP contribution in [0.25, 0.3) is 0 Å². The number of rotatable bonds is 6. The normalized spacial score (nSPS) is 12.1. The molecule has 0 spiro atoms. The highest BCUT2D eigenvalue weighted by Gasteiger charge is 2.31. The zero-order valence-corrected chi connectivity index (χ0v) is 12.9. The topological polar surface area (TPSA) is 37.4 Å². The van der Waals surface area contributed by atoms with Gasteiger partial charge in [-0.1, -0.05) is 30.3 Å². The third kappa shape index (κ3) is 4.09. The molecule has 130 valence electrons. The van der Waals surface area contributed by atoms with Crippen LogP contribution in [0.15, 0.2) is 47.4 Å². The summed E-state index contributed by atoms with van der Waals surface area (Å²) in [5, 5.41) is 0. The zero-order valence-electron chi connectivity index (χ0n) is 12.1. The fourth-order valence-electron chi connectivity index (χ4n) is 2.03. The molecule has 9 heteroatoms. The van der Waals surface area contributed by atoms with Crippen LogP contribution in [0.4, 0.5) is 22.0 Å². The molecule has 2 aromatic rings. The summed E-state index contributed by atoms with van der Waals surface area (Å²) < 4.78 is 90.6. The van der Waals surface area contributed by atoms with Gasteiger partial charge >= 0.3 is 0 Å². The number of hydrogen-bond donors (Lipinski definition) is 0. The highest BCUT2D eigenvalue weighted by molar-refractivity contribution is 7.89. The van der Waals surface area contributed by atoms with E-state index in [1.807, 2.05) is 0 Å². The summed E-state index contributed by atoms with van der Waals surface area (Å²) in [5.41, 5.74) is 0.379. The minimum atomic E-state index is -4.79. The molecule has 0 saturated carbocycles. The lowest BCUT2D eigenvalue weighted by Crippen LogP contribution is -2.35. The van der Waals surface area contributed by atoms with E-state index in [4.69, 9.17) is 0 Å². The second-order valence-electron chi connectivity index (χ2n) is 4.87. The minimum Gasteiger partial charge on any atom is -0.209 e. The molecule has 0 aliphatic heterocycles. The number of halogens is 5. The van der Waals surface area contributed by atoms with Crippen molar-refractivity contribution >= 4 is 10.0 Å². The molecule has 0 atom stereocenters. The zero-order chi connectivity index (χ0) is 17.9. The van der Waals surface area contributed by atoms with E-state index in [-0.39, 0.29) is 12.1 Å². The van der Waals surface area contributed by atoms with E-state index in [1.54, 1.807) is 18.2 Å². The molecule has 0 amide bonds. The molecule has 2 aromatic carbocycles. The summed E-state index contributed by atoms with van der Waals surface area (Å²) >= 11 is 0. The summed E-state index contributed by atoms with van der Waals surface area (Å²) in [6.07, 6.45) is -3.03. The first-order valence-corrected chi connectivity index (χ1v) is 8.12. The second kappa shape index (κ2) is 7.27. The van der Waals surface area contributed by atoms with Gasteiger partial charge in [-0.05, 0) is 11.6 Å².